The number of amides is 1. The molecular formula is C19H17F2NO3S. The molecule has 26 heavy (non-hydrogen) atoms. The molecule has 2 aromatic rings. The van der Waals surface area contributed by atoms with E-state index in [0.29, 0.717) is 4.88 Å². The monoisotopic (exact) mass is 377 g/mol. The second kappa shape index (κ2) is 6.32. The zero-order valence-electron chi connectivity index (χ0n) is 14.4. The van der Waals surface area contributed by atoms with E-state index in [0.717, 1.165) is 17.0 Å². The summed E-state index contributed by atoms with van der Waals surface area (Å²) >= 11 is 1.30. The summed E-state index contributed by atoms with van der Waals surface area (Å²) in [6, 6.07) is 5.62. The summed E-state index contributed by atoms with van der Waals surface area (Å²) in [4.78, 5) is 27.4. The molecule has 0 fully saturated rings. The summed E-state index contributed by atoms with van der Waals surface area (Å²) in [5.74, 6) is -4.02. The topological polar surface area (TPSA) is 57.6 Å². The fraction of sp³-hybridized carbons (Fsp3) is 0.263. The van der Waals surface area contributed by atoms with Crippen LogP contribution in [-0.2, 0) is 9.59 Å². The first-order valence-electron chi connectivity index (χ1n) is 7.93. The summed E-state index contributed by atoms with van der Waals surface area (Å²) < 4.78 is 27.0. The molecule has 1 N–H and O–H groups in total. The number of aliphatic hydroxyl groups excluding tert-OH is 1. The van der Waals surface area contributed by atoms with Gasteiger partial charge in [-0.3, -0.25) is 14.5 Å². The van der Waals surface area contributed by atoms with Crippen LogP contribution in [0.1, 0.15) is 31.7 Å². The predicted molar refractivity (Wildman–Crippen MR) is 95.0 cm³/mol. The Morgan fingerprint density at radius 3 is 2.42 bits per heavy atom. The molecular weight excluding hydrogens is 360 g/mol. The van der Waals surface area contributed by atoms with Gasteiger partial charge in [-0.2, -0.15) is 0 Å². The van der Waals surface area contributed by atoms with Crippen molar-refractivity contribution in [1.82, 2.24) is 0 Å². The molecule has 3 rings (SSSR count). The normalized spacial score (nSPS) is 18.0. The molecule has 2 heterocycles. The highest BCUT2D eigenvalue weighted by atomic mass is 32.1. The largest absolute Gasteiger partial charge is 0.503 e. The molecule has 1 aromatic carbocycles. The van der Waals surface area contributed by atoms with Crippen molar-refractivity contribution >= 4 is 28.7 Å². The summed E-state index contributed by atoms with van der Waals surface area (Å²) in [6.07, 6.45) is 0. The lowest BCUT2D eigenvalue weighted by Crippen LogP contribution is -2.32. The fourth-order valence-electron chi connectivity index (χ4n) is 2.86. The number of hydrogen-bond acceptors (Lipinski definition) is 4. The molecule has 1 amide bonds. The standard InChI is InChI=1S/C19H17F2NO3S/c1-19(2,3)17(24)14-15(13-5-4-8-26-13)22(18(25)16(14)23)10-6-7-11(20)12(21)9-10/h4-9,15,23H,1-3H3. The van der Waals surface area contributed by atoms with Gasteiger partial charge >= 0.3 is 0 Å². The van der Waals surface area contributed by atoms with Gasteiger partial charge in [0.05, 0.1) is 5.57 Å². The van der Waals surface area contributed by atoms with E-state index in [9.17, 15) is 23.5 Å². The van der Waals surface area contributed by atoms with Crippen molar-refractivity contribution in [2.45, 2.75) is 26.8 Å². The lowest BCUT2D eigenvalue weighted by molar-refractivity contribution is -0.123. The van der Waals surface area contributed by atoms with E-state index in [2.05, 4.69) is 0 Å². The van der Waals surface area contributed by atoms with Gasteiger partial charge in [0.15, 0.2) is 23.2 Å². The first-order valence-corrected chi connectivity index (χ1v) is 8.81. The molecule has 136 valence electrons. The number of rotatable bonds is 3. The van der Waals surface area contributed by atoms with Gasteiger partial charge in [-0.1, -0.05) is 26.8 Å². The number of hydrogen-bond donors (Lipinski definition) is 1. The number of carbonyl (C=O) groups excluding carboxylic acids is 2. The maximum atomic E-state index is 13.7. The van der Waals surface area contributed by atoms with Gasteiger partial charge in [0.2, 0.25) is 0 Å². The van der Waals surface area contributed by atoms with Gasteiger partial charge in [-0.05, 0) is 23.6 Å². The lowest BCUT2D eigenvalue weighted by Gasteiger charge is -2.27. The van der Waals surface area contributed by atoms with Gasteiger partial charge in [0, 0.05) is 22.0 Å². The van der Waals surface area contributed by atoms with E-state index in [1.54, 1.807) is 38.3 Å². The Bertz CT molecular complexity index is 913. The number of carbonyl (C=O) groups is 2. The number of Topliss-reactive ketones (excluding diaryl/α,β-unsaturated/α-hetero) is 1. The highest BCUT2D eigenvalue weighted by Crippen LogP contribution is 2.44. The molecule has 1 aliphatic heterocycles. The molecule has 0 saturated heterocycles. The number of aliphatic hydroxyl groups is 1. The van der Waals surface area contributed by atoms with Crippen LogP contribution in [-0.4, -0.2) is 16.8 Å². The van der Waals surface area contributed by atoms with Crippen LogP contribution in [0.5, 0.6) is 0 Å². The first kappa shape index (κ1) is 18.3. The van der Waals surface area contributed by atoms with E-state index in [1.807, 2.05) is 0 Å². The zero-order chi connectivity index (χ0) is 19.2. The molecule has 0 radical (unpaired) electrons. The molecule has 0 saturated carbocycles. The molecule has 1 atom stereocenters. The number of nitrogens with zero attached hydrogens (tertiary/aromatic N) is 1. The number of halogens is 2. The molecule has 0 spiro atoms. The van der Waals surface area contributed by atoms with E-state index < -0.39 is 34.8 Å². The Morgan fingerprint density at radius 1 is 1.19 bits per heavy atom. The van der Waals surface area contributed by atoms with Crippen molar-refractivity contribution in [3.8, 4) is 0 Å². The zero-order valence-corrected chi connectivity index (χ0v) is 15.2. The summed E-state index contributed by atoms with van der Waals surface area (Å²) in [5, 5.41) is 12.2. The van der Waals surface area contributed by atoms with Gasteiger partial charge in [-0.15, -0.1) is 11.3 Å². The van der Waals surface area contributed by atoms with E-state index in [-0.39, 0.29) is 17.0 Å². The van der Waals surface area contributed by atoms with Crippen LogP contribution in [0, 0.1) is 17.0 Å². The van der Waals surface area contributed by atoms with Crippen molar-refractivity contribution in [1.29, 1.82) is 0 Å². The Morgan fingerprint density at radius 2 is 1.88 bits per heavy atom. The molecule has 1 unspecified atom stereocenters. The third-order valence-electron chi connectivity index (χ3n) is 4.13. The second-order valence-electron chi connectivity index (χ2n) is 7.03. The van der Waals surface area contributed by atoms with Crippen LogP contribution in [0.15, 0.2) is 47.0 Å². The molecule has 0 bridgehead atoms. The lowest BCUT2D eigenvalue weighted by atomic mass is 9.83. The smallest absolute Gasteiger partial charge is 0.294 e. The van der Waals surface area contributed by atoms with E-state index in [4.69, 9.17) is 0 Å². The number of anilines is 1. The minimum atomic E-state index is -1.12. The highest BCUT2D eigenvalue weighted by molar-refractivity contribution is 7.10. The minimum Gasteiger partial charge on any atom is -0.503 e. The van der Waals surface area contributed by atoms with Crippen molar-refractivity contribution in [3.05, 3.63) is 63.6 Å². The number of benzene rings is 1. The van der Waals surface area contributed by atoms with Crippen LogP contribution in [0.3, 0.4) is 0 Å². The predicted octanol–water partition coefficient (Wildman–Crippen LogP) is 4.54. The average Bonchev–Trinajstić information content (AvgIpc) is 3.17. The molecule has 0 aliphatic carbocycles. The second-order valence-corrected chi connectivity index (χ2v) is 8.01. The summed E-state index contributed by atoms with van der Waals surface area (Å²) in [5.41, 5.74) is -0.798. The highest BCUT2D eigenvalue weighted by Gasteiger charge is 2.47. The van der Waals surface area contributed by atoms with Gasteiger partial charge in [-0.25, -0.2) is 8.78 Å². The summed E-state index contributed by atoms with van der Waals surface area (Å²) in [7, 11) is 0. The van der Waals surface area contributed by atoms with E-state index >= 15 is 0 Å². The van der Waals surface area contributed by atoms with Crippen molar-refractivity contribution < 1.29 is 23.5 Å². The quantitative estimate of drug-likeness (QED) is 0.854. The Kier molecular flexibility index (Phi) is 4.44. The van der Waals surface area contributed by atoms with Gasteiger partial charge < -0.3 is 5.11 Å². The Hall–Kier alpha value is -2.54. The van der Waals surface area contributed by atoms with Crippen LogP contribution in [0.4, 0.5) is 14.5 Å². The number of ketones is 1. The van der Waals surface area contributed by atoms with Crippen molar-refractivity contribution in [2.24, 2.45) is 5.41 Å². The molecule has 1 aromatic heterocycles. The van der Waals surface area contributed by atoms with Gasteiger partial charge in [0.25, 0.3) is 5.91 Å². The number of thiophene rings is 1. The minimum absolute atomic E-state index is 0.0327. The van der Waals surface area contributed by atoms with Gasteiger partial charge in [0.1, 0.15) is 6.04 Å². The van der Waals surface area contributed by atoms with Crippen LogP contribution in [0.25, 0.3) is 0 Å². The first-order chi connectivity index (χ1) is 12.1. The SMILES string of the molecule is CC(C)(C)C(=O)C1=C(O)C(=O)N(c2ccc(F)c(F)c2)C1c1cccs1. The van der Waals surface area contributed by atoms with Crippen LogP contribution < -0.4 is 4.90 Å². The average molecular weight is 377 g/mol. The van der Waals surface area contributed by atoms with Crippen molar-refractivity contribution in [3.63, 3.8) is 0 Å². The maximum Gasteiger partial charge on any atom is 0.294 e. The van der Waals surface area contributed by atoms with Crippen LogP contribution in [0.2, 0.25) is 0 Å². The third kappa shape index (κ3) is 2.92. The summed E-state index contributed by atoms with van der Waals surface area (Å²) in [6.45, 7) is 5.06. The molecule has 7 heteroatoms. The Balaban J connectivity index is 2.18. The van der Waals surface area contributed by atoms with Crippen molar-refractivity contribution in [2.75, 3.05) is 4.90 Å². The van der Waals surface area contributed by atoms with E-state index in [1.165, 1.54) is 17.4 Å². The Labute approximate surface area is 153 Å². The third-order valence-corrected chi connectivity index (χ3v) is 5.05. The molecule has 1 aliphatic rings. The molecule has 4 nitrogen and oxygen atoms in total. The maximum absolute atomic E-state index is 13.7. The van der Waals surface area contributed by atoms with Crippen LogP contribution >= 0.6 is 11.3 Å². The fourth-order valence-corrected chi connectivity index (χ4v) is 3.68.